The number of carbonyl (C=O) groups is 1. The van der Waals surface area contributed by atoms with E-state index in [-0.39, 0.29) is 17.7 Å². The second-order valence-corrected chi connectivity index (χ2v) is 19.0. The molecule has 61 heavy (non-hydrogen) atoms. The molecule has 0 unspecified atom stereocenters. The summed E-state index contributed by atoms with van der Waals surface area (Å²) in [5, 5.41) is 29.8. The van der Waals surface area contributed by atoms with Gasteiger partial charge in [-0.15, -0.1) is 0 Å². The van der Waals surface area contributed by atoms with Gasteiger partial charge in [-0.2, -0.15) is 10.2 Å². The van der Waals surface area contributed by atoms with Gasteiger partial charge in [0.15, 0.2) is 5.58 Å². The minimum Gasteiger partial charge on any atom is -0.481 e. The molecule has 14 nitrogen and oxygen atoms in total. The summed E-state index contributed by atoms with van der Waals surface area (Å²) in [6, 6.07) is 18.2. The van der Waals surface area contributed by atoms with E-state index in [1.54, 1.807) is 17.9 Å². The number of methoxy groups -OCH3 is 1. The summed E-state index contributed by atoms with van der Waals surface area (Å²) in [5.74, 6) is 0.451. The minimum absolute atomic E-state index is 0.210. The number of carbonyl (C=O) groups excluding carboxylic acids is 1. The number of nitrogens with zero attached hydrogens (tertiary/aromatic N) is 5. The first-order valence-corrected chi connectivity index (χ1v) is 22.7. The van der Waals surface area contributed by atoms with Crippen LogP contribution in [0.4, 0.5) is 0 Å². The molecule has 4 aliphatic rings. The zero-order chi connectivity index (χ0) is 42.6. The highest BCUT2D eigenvalue weighted by Crippen LogP contribution is 2.44. The minimum atomic E-state index is -3.60. The zero-order valence-electron chi connectivity index (χ0n) is 34.1. The number of aliphatic hydroxyl groups excluding tert-OH is 1. The lowest BCUT2D eigenvalue weighted by Gasteiger charge is -2.20. The van der Waals surface area contributed by atoms with Gasteiger partial charge in [-0.05, 0) is 91.9 Å². The molecule has 16 heteroatoms. The number of rotatable bonds is 13. The first kappa shape index (κ1) is 41.1. The molecule has 3 aromatic heterocycles. The van der Waals surface area contributed by atoms with E-state index >= 15 is 0 Å². The number of β-amino-alcohol motifs (C(OH)–C–C–N with tert-alkyl or cyclic N) is 1. The highest BCUT2D eigenvalue weighted by molar-refractivity contribution is 7.90. The number of fused-ring (bicyclic) bond motifs is 2. The molecule has 3 atom stereocenters. The molecule has 5 aromatic rings. The molecule has 1 amide bonds. The summed E-state index contributed by atoms with van der Waals surface area (Å²) < 4.78 is 47.2. The predicted octanol–water partition coefficient (Wildman–Crippen LogP) is 5.85. The van der Waals surface area contributed by atoms with E-state index in [2.05, 4.69) is 50.7 Å². The van der Waals surface area contributed by atoms with Crippen molar-refractivity contribution in [3.63, 3.8) is 0 Å². The van der Waals surface area contributed by atoms with Crippen molar-refractivity contribution in [3.05, 3.63) is 93.1 Å². The molecule has 2 aliphatic carbocycles. The number of nitrogens with one attached hydrogen (secondary N) is 2. The number of nitriles is 1. The van der Waals surface area contributed by atoms with Crippen LogP contribution in [0.15, 0.2) is 59.1 Å². The van der Waals surface area contributed by atoms with E-state index in [4.69, 9.17) is 30.9 Å². The van der Waals surface area contributed by atoms with Gasteiger partial charge in [0, 0.05) is 56.6 Å². The third-order valence-electron chi connectivity index (χ3n) is 12.6. The van der Waals surface area contributed by atoms with E-state index in [1.807, 2.05) is 30.3 Å². The Bertz CT molecular complexity index is 2760. The number of ether oxygens (including phenoxy) is 2. The monoisotopic (exact) mass is 865 g/mol. The number of hydrogen-bond donors (Lipinski definition) is 3. The Labute approximate surface area is 359 Å². The lowest BCUT2D eigenvalue weighted by atomic mass is 9.91. The van der Waals surface area contributed by atoms with Crippen LogP contribution in [0.2, 0.25) is 5.02 Å². The molecule has 0 radical (unpaired) electrons. The number of hydrogen-bond acceptors (Lipinski definition) is 12. The average Bonchev–Trinajstić information content (AvgIpc) is 3.52. The number of aromatic nitrogens is 2. The summed E-state index contributed by atoms with van der Waals surface area (Å²) in [4.78, 5) is 21.6. The molecule has 3 N–H and O–H groups in total. The first-order valence-electron chi connectivity index (χ1n) is 20.8. The van der Waals surface area contributed by atoms with E-state index in [0.29, 0.717) is 97.6 Å². The smallest absolute Gasteiger partial charge is 0.237 e. The van der Waals surface area contributed by atoms with Gasteiger partial charge in [0.25, 0.3) is 0 Å². The van der Waals surface area contributed by atoms with E-state index in [1.165, 1.54) is 5.56 Å². The summed E-state index contributed by atoms with van der Waals surface area (Å²) >= 11 is 6.77. The Balaban J connectivity index is 0.927. The van der Waals surface area contributed by atoms with Crippen molar-refractivity contribution in [1.82, 2.24) is 24.1 Å². The molecule has 0 bridgehead atoms. The van der Waals surface area contributed by atoms with Gasteiger partial charge >= 0.3 is 0 Å². The number of likely N-dealkylation sites (tertiary alicyclic amines) is 2. The summed E-state index contributed by atoms with van der Waals surface area (Å²) in [6.07, 6.45) is 5.05. The number of amides is 1. The summed E-state index contributed by atoms with van der Waals surface area (Å²) in [6.45, 7) is 6.01. The van der Waals surface area contributed by atoms with Crippen LogP contribution in [0, 0.1) is 29.6 Å². The third kappa shape index (κ3) is 8.15. The number of benzene rings is 2. The number of aliphatic hydroxyl groups is 1. The maximum absolute atomic E-state index is 12.7. The normalized spacial score (nSPS) is 20.5. The van der Waals surface area contributed by atoms with Crippen molar-refractivity contribution < 1.29 is 32.2 Å². The molecule has 5 heterocycles. The summed E-state index contributed by atoms with van der Waals surface area (Å²) in [5.41, 5.74) is 7.92. The van der Waals surface area contributed by atoms with Crippen molar-refractivity contribution in [2.24, 2.45) is 5.92 Å². The maximum atomic E-state index is 12.7. The highest BCUT2D eigenvalue weighted by Gasteiger charge is 2.39. The lowest BCUT2D eigenvalue weighted by molar-refractivity contribution is -0.122. The van der Waals surface area contributed by atoms with Crippen LogP contribution >= 0.6 is 11.6 Å². The van der Waals surface area contributed by atoms with Crippen molar-refractivity contribution in [1.29, 1.82) is 10.7 Å². The van der Waals surface area contributed by atoms with Crippen LogP contribution in [0.3, 0.4) is 0 Å². The predicted molar refractivity (Wildman–Crippen MR) is 228 cm³/mol. The van der Waals surface area contributed by atoms with Gasteiger partial charge in [0.2, 0.25) is 27.7 Å². The molecule has 2 saturated heterocycles. The third-order valence-corrected chi connectivity index (χ3v) is 14.7. The molecule has 0 spiro atoms. The van der Waals surface area contributed by atoms with Crippen LogP contribution < -0.4 is 19.7 Å². The van der Waals surface area contributed by atoms with Gasteiger partial charge in [-0.25, -0.2) is 8.42 Å². The van der Waals surface area contributed by atoms with Gasteiger partial charge in [-0.1, -0.05) is 48.0 Å². The molecule has 3 fully saturated rings. The van der Waals surface area contributed by atoms with Crippen LogP contribution in [0.5, 0.6) is 11.8 Å². The Morgan fingerprint density at radius 3 is 2.56 bits per heavy atom. The summed E-state index contributed by atoms with van der Waals surface area (Å²) in [7, 11) is -2.01. The van der Waals surface area contributed by atoms with E-state index in [9.17, 15) is 23.6 Å². The number of pyridine rings is 2. The fourth-order valence-corrected chi connectivity index (χ4v) is 10.7. The average molecular weight is 866 g/mol. The highest BCUT2D eigenvalue weighted by atomic mass is 35.5. The zero-order valence-corrected chi connectivity index (χ0v) is 35.7. The lowest BCUT2D eigenvalue weighted by Crippen LogP contribution is -2.39. The molecular formula is C45H48ClN7O7S. The Kier molecular flexibility index (Phi) is 11.2. The number of sulfonamides is 1. The fraction of sp³-hybridized carbons (Fsp3) is 0.422. The maximum Gasteiger partial charge on any atom is 0.237 e. The Hall–Kier alpha value is -5.24. The quantitative estimate of drug-likeness (QED) is 0.129. The van der Waals surface area contributed by atoms with Crippen LogP contribution in [-0.4, -0.2) is 90.0 Å². The molecule has 2 aromatic carbocycles. The van der Waals surface area contributed by atoms with Crippen LogP contribution in [0.1, 0.15) is 66.0 Å². The van der Waals surface area contributed by atoms with Crippen LogP contribution in [0.25, 0.3) is 33.4 Å². The van der Waals surface area contributed by atoms with Crippen LogP contribution in [-0.2, 0) is 34.3 Å². The Morgan fingerprint density at radius 2 is 1.80 bits per heavy atom. The largest absolute Gasteiger partial charge is 0.481 e. The second kappa shape index (κ2) is 16.6. The van der Waals surface area contributed by atoms with Gasteiger partial charge in [-0.3, -0.25) is 19.8 Å². The van der Waals surface area contributed by atoms with Crippen molar-refractivity contribution in [2.75, 3.05) is 39.8 Å². The van der Waals surface area contributed by atoms with E-state index in [0.717, 1.165) is 59.2 Å². The molecule has 318 valence electrons. The molecule has 2 aliphatic heterocycles. The van der Waals surface area contributed by atoms with Gasteiger partial charge in [0.05, 0.1) is 29.8 Å². The molecule has 9 rings (SSSR count). The Morgan fingerprint density at radius 1 is 1.03 bits per heavy atom. The molecule has 1 saturated carbocycles. The number of furan rings is 1. The van der Waals surface area contributed by atoms with Crippen molar-refractivity contribution >= 4 is 38.5 Å². The second-order valence-electron chi connectivity index (χ2n) is 16.7. The topological polar surface area (TPSA) is 187 Å². The van der Waals surface area contributed by atoms with E-state index < -0.39 is 27.1 Å². The number of halogens is 1. The SMILES string of the molecule is COc1nc(O[C@H]2CCc3c(-c4cccc(-c5cc6c(=N)n(CCN7CC[C@@H](C(=O)NS(=O)(=O)C8CC8)C7)cc(C#N)c6o5)c4C)cccc32)c(Cl)cc1CN1CC[C@@H](O)C1. The fourth-order valence-electron chi connectivity index (χ4n) is 9.16. The van der Waals surface area contributed by atoms with Gasteiger partial charge < -0.3 is 28.5 Å². The van der Waals surface area contributed by atoms with Crippen molar-refractivity contribution in [2.45, 2.75) is 76.0 Å². The standard InChI is InChI=1S/C45H48ClN7O7S/c1-26-32(34-7-4-8-36-35(34)11-12-39(36)60-45-38(46)19-28(44(49-45)58-2)23-52-16-14-30(54)25-52)5-3-6-33(26)40-20-37-41(59-40)29(21-47)24-53(42(37)48)18-17-51-15-13-27(22-51)43(55)50-61(56,57)31-9-10-31/h3-8,19-20,24,27,30-31,39,48,54H,9-18,22-23,25H2,1-2H3,(H,50,55)/t27-,30-,39+/m1/s1. The molecular weight excluding hydrogens is 818 g/mol. The first-order chi connectivity index (χ1) is 29.4. The van der Waals surface area contributed by atoms with Crippen molar-refractivity contribution in [3.8, 4) is 40.3 Å². The van der Waals surface area contributed by atoms with Gasteiger partial charge in [0.1, 0.15) is 34.0 Å².